The van der Waals surface area contributed by atoms with Crippen molar-refractivity contribution >= 4 is 5.69 Å². The van der Waals surface area contributed by atoms with Gasteiger partial charge in [0.2, 0.25) is 0 Å². The smallest absolute Gasteiger partial charge is 0.0469 e. The first-order valence-corrected chi connectivity index (χ1v) is 8.48. The summed E-state index contributed by atoms with van der Waals surface area (Å²) in [6.07, 6.45) is 5.07. The number of nitrogens with one attached hydrogen (secondary N) is 1. The number of nitrogens with zero attached hydrogens (tertiary/aromatic N) is 1. The van der Waals surface area contributed by atoms with Crippen LogP contribution in [0.2, 0.25) is 0 Å². The van der Waals surface area contributed by atoms with Crippen LogP contribution in [0.3, 0.4) is 0 Å². The molecule has 0 bridgehead atoms. The van der Waals surface area contributed by atoms with Crippen LogP contribution in [0.4, 0.5) is 5.69 Å². The van der Waals surface area contributed by atoms with Gasteiger partial charge in [-0.25, -0.2) is 0 Å². The second kappa shape index (κ2) is 7.28. The molecule has 1 N–H and O–H groups in total. The van der Waals surface area contributed by atoms with Gasteiger partial charge in [-0.1, -0.05) is 12.1 Å². The minimum atomic E-state index is 0.576. The van der Waals surface area contributed by atoms with E-state index in [-0.39, 0.29) is 0 Å². The van der Waals surface area contributed by atoms with E-state index in [1.165, 1.54) is 50.0 Å². The molecule has 116 valence electrons. The van der Waals surface area contributed by atoms with Crippen LogP contribution in [0.5, 0.6) is 0 Å². The summed E-state index contributed by atoms with van der Waals surface area (Å²) >= 11 is 0. The lowest BCUT2D eigenvalue weighted by atomic mass is 9.93. The van der Waals surface area contributed by atoms with Gasteiger partial charge in [0.1, 0.15) is 0 Å². The third-order valence-electron chi connectivity index (χ3n) is 5.01. The molecule has 2 aliphatic heterocycles. The van der Waals surface area contributed by atoms with Crippen molar-refractivity contribution in [1.29, 1.82) is 0 Å². The second-order valence-electron chi connectivity index (χ2n) is 6.48. The van der Waals surface area contributed by atoms with Gasteiger partial charge in [0, 0.05) is 44.6 Å². The Bertz CT molecular complexity index is 419. The normalized spacial score (nSPS) is 21.7. The van der Waals surface area contributed by atoms with E-state index >= 15 is 0 Å². The first-order chi connectivity index (χ1) is 10.3. The molecule has 1 unspecified atom stereocenters. The summed E-state index contributed by atoms with van der Waals surface area (Å²) in [4.78, 5) is 2.49. The third-order valence-corrected chi connectivity index (χ3v) is 5.01. The van der Waals surface area contributed by atoms with E-state index in [4.69, 9.17) is 4.74 Å². The van der Waals surface area contributed by atoms with Gasteiger partial charge in [-0.3, -0.25) is 0 Å². The Balaban J connectivity index is 1.48. The average Bonchev–Trinajstić information content (AvgIpc) is 3.08. The first-order valence-electron chi connectivity index (χ1n) is 8.48. The summed E-state index contributed by atoms with van der Waals surface area (Å²) in [7, 11) is 0. The zero-order valence-corrected chi connectivity index (χ0v) is 13.2. The average molecular weight is 288 g/mol. The molecule has 1 aromatic rings. The fourth-order valence-electron chi connectivity index (χ4n) is 3.46. The molecule has 0 amide bonds. The molecule has 3 nitrogen and oxygen atoms in total. The van der Waals surface area contributed by atoms with Gasteiger partial charge in [0.25, 0.3) is 0 Å². The molecule has 2 fully saturated rings. The van der Waals surface area contributed by atoms with Crippen molar-refractivity contribution in [3.05, 3.63) is 29.8 Å². The van der Waals surface area contributed by atoms with Crippen molar-refractivity contribution in [2.75, 3.05) is 31.2 Å². The van der Waals surface area contributed by atoms with Crippen LogP contribution in [0, 0.1) is 5.92 Å². The minimum Gasteiger partial charge on any atom is -0.381 e. The summed E-state index contributed by atoms with van der Waals surface area (Å²) in [6.45, 7) is 7.59. The molecular formula is C18H28N2O. The molecule has 0 spiro atoms. The standard InChI is InChI=1S/C18H28N2O/c1-15(17-8-12-21-13-9-17)19-14-16-4-6-18(7-5-16)20-10-2-3-11-20/h4-7,15,17,19H,2-3,8-14H2,1H3. The van der Waals surface area contributed by atoms with Gasteiger partial charge >= 0.3 is 0 Å². The number of rotatable bonds is 5. The largest absolute Gasteiger partial charge is 0.381 e. The zero-order chi connectivity index (χ0) is 14.5. The Labute approximate surface area is 128 Å². The predicted molar refractivity (Wildman–Crippen MR) is 87.7 cm³/mol. The summed E-state index contributed by atoms with van der Waals surface area (Å²) in [5.41, 5.74) is 2.77. The topological polar surface area (TPSA) is 24.5 Å². The van der Waals surface area contributed by atoms with E-state index in [9.17, 15) is 0 Å². The van der Waals surface area contributed by atoms with E-state index < -0.39 is 0 Å². The summed E-state index contributed by atoms with van der Waals surface area (Å²) in [5.74, 6) is 0.766. The molecule has 21 heavy (non-hydrogen) atoms. The lowest BCUT2D eigenvalue weighted by Gasteiger charge is -2.28. The molecule has 0 saturated carbocycles. The van der Waals surface area contributed by atoms with Gasteiger partial charge in [-0.05, 0) is 56.2 Å². The van der Waals surface area contributed by atoms with Crippen LogP contribution in [-0.4, -0.2) is 32.3 Å². The lowest BCUT2D eigenvalue weighted by molar-refractivity contribution is 0.0558. The molecule has 1 atom stereocenters. The Kier molecular flexibility index (Phi) is 5.15. The van der Waals surface area contributed by atoms with Crippen LogP contribution < -0.4 is 10.2 Å². The zero-order valence-electron chi connectivity index (χ0n) is 13.2. The molecule has 0 radical (unpaired) electrons. The van der Waals surface area contributed by atoms with Crippen molar-refractivity contribution in [3.8, 4) is 0 Å². The molecule has 2 heterocycles. The highest BCUT2D eigenvalue weighted by Gasteiger charge is 2.19. The maximum atomic E-state index is 5.44. The Morgan fingerprint density at radius 2 is 1.81 bits per heavy atom. The number of hydrogen-bond donors (Lipinski definition) is 1. The van der Waals surface area contributed by atoms with Gasteiger partial charge in [0.15, 0.2) is 0 Å². The van der Waals surface area contributed by atoms with Gasteiger partial charge in [-0.15, -0.1) is 0 Å². The minimum absolute atomic E-state index is 0.576. The van der Waals surface area contributed by atoms with Crippen LogP contribution in [-0.2, 0) is 11.3 Å². The van der Waals surface area contributed by atoms with Crippen molar-refractivity contribution < 1.29 is 4.74 Å². The molecule has 2 aliphatic rings. The highest BCUT2D eigenvalue weighted by molar-refractivity contribution is 5.48. The van der Waals surface area contributed by atoms with Crippen molar-refractivity contribution in [2.24, 2.45) is 5.92 Å². The molecule has 3 heteroatoms. The van der Waals surface area contributed by atoms with E-state index in [0.29, 0.717) is 6.04 Å². The molecular weight excluding hydrogens is 260 g/mol. The van der Waals surface area contributed by atoms with Crippen molar-refractivity contribution in [2.45, 2.75) is 45.2 Å². The van der Waals surface area contributed by atoms with Crippen LogP contribution in [0.25, 0.3) is 0 Å². The quantitative estimate of drug-likeness (QED) is 0.900. The maximum Gasteiger partial charge on any atom is 0.0469 e. The fraction of sp³-hybridized carbons (Fsp3) is 0.667. The van der Waals surface area contributed by atoms with Gasteiger partial charge < -0.3 is 15.0 Å². The van der Waals surface area contributed by atoms with E-state index in [1.54, 1.807) is 0 Å². The Morgan fingerprint density at radius 1 is 1.14 bits per heavy atom. The predicted octanol–water partition coefficient (Wildman–Crippen LogP) is 3.19. The number of anilines is 1. The fourth-order valence-corrected chi connectivity index (χ4v) is 3.46. The number of benzene rings is 1. The van der Waals surface area contributed by atoms with Crippen molar-refractivity contribution in [1.82, 2.24) is 5.32 Å². The Hall–Kier alpha value is -1.06. The second-order valence-corrected chi connectivity index (χ2v) is 6.48. The van der Waals surface area contributed by atoms with E-state index in [1.807, 2.05) is 0 Å². The number of hydrogen-bond acceptors (Lipinski definition) is 3. The third kappa shape index (κ3) is 3.98. The highest BCUT2D eigenvalue weighted by Crippen LogP contribution is 2.21. The molecule has 1 aromatic carbocycles. The van der Waals surface area contributed by atoms with Crippen molar-refractivity contribution in [3.63, 3.8) is 0 Å². The van der Waals surface area contributed by atoms with E-state index in [0.717, 1.165) is 25.7 Å². The van der Waals surface area contributed by atoms with Crippen LogP contribution >= 0.6 is 0 Å². The summed E-state index contributed by atoms with van der Waals surface area (Å²) < 4.78 is 5.44. The van der Waals surface area contributed by atoms with E-state index in [2.05, 4.69) is 41.4 Å². The lowest BCUT2D eigenvalue weighted by Crippen LogP contribution is -2.36. The first kappa shape index (κ1) is 14.9. The van der Waals surface area contributed by atoms with Gasteiger partial charge in [0.05, 0.1) is 0 Å². The summed E-state index contributed by atoms with van der Waals surface area (Å²) in [5, 5.41) is 3.69. The molecule has 3 rings (SSSR count). The maximum absolute atomic E-state index is 5.44. The van der Waals surface area contributed by atoms with Gasteiger partial charge in [-0.2, -0.15) is 0 Å². The molecule has 0 aliphatic carbocycles. The highest BCUT2D eigenvalue weighted by atomic mass is 16.5. The van der Waals surface area contributed by atoms with Crippen LogP contribution in [0.1, 0.15) is 38.2 Å². The number of ether oxygens (including phenoxy) is 1. The SMILES string of the molecule is CC(NCc1ccc(N2CCCC2)cc1)C1CCOCC1. The Morgan fingerprint density at radius 3 is 2.48 bits per heavy atom. The monoisotopic (exact) mass is 288 g/mol. The molecule has 2 saturated heterocycles. The molecule has 0 aromatic heterocycles. The summed E-state index contributed by atoms with van der Waals surface area (Å²) in [6, 6.07) is 9.68. The van der Waals surface area contributed by atoms with Crippen LogP contribution in [0.15, 0.2) is 24.3 Å².